The Labute approximate surface area is 132 Å². The third kappa shape index (κ3) is 2.70. The van der Waals surface area contributed by atoms with Crippen molar-refractivity contribution < 1.29 is 8.42 Å². The molecule has 8 heteroatoms. The van der Waals surface area contributed by atoms with Crippen LogP contribution in [-0.2, 0) is 10.0 Å². The van der Waals surface area contributed by atoms with Gasteiger partial charge in [0.2, 0.25) is 0 Å². The average molecular weight is 344 g/mol. The number of aryl methyl sites for hydroxylation is 1. The minimum atomic E-state index is -3.56. The summed E-state index contributed by atoms with van der Waals surface area (Å²) in [6, 6.07) is 3.59. The molecule has 0 aromatic carbocycles. The molecule has 1 saturated heterocycles. The largest absolute Gasteiger partial charge is 0.265 e. The third-order valence-corrected chi connectivity index (χ3v) is 7.32. The van der Waals surface area contributed by atoms with Crippen molar-refractivity contribution in [3.8, 4) is 0 Å². The first-order chi connectivity index (χ1) is 10.00. The molecule has 0 spiro atoms. The molecule has 1 atom stereocenters. The van der Waals surface area contributed by atoms with Crippen molar-refractivity contribution in [2.45, 2.75) is 30.0 Å². The van der Waals surface area contributed by atoms with Crippen LogP contribution in [-0.4, -0.2) is 29.2 Å². The van der Waals surface area contributed by atoms with E-state index in [2.05, 4.69) is 9.97 Å². The molecule has 0 amide bonds. The van der Waals surface area contributed by atoms with Gasteiger partial charge in [0.1, 0.15) is 0 Å². The fraction of sp³-hybridized carbons (Fsp3) is 0.385. The molecule has 0 aliphatic carbocycles. The van der Waals surface area contributed by atoms with Gasteiger partial charge in [-0.05, 0) is 37.5 Å². The molecule has 3 rings (SSSR count). The van der Waals surface area contributed by atoms with Gasteiger partial charge in [0.15, 0.2) is 8.68 Å². The highest BCUT2D eigenvalue weighted by molar-refractivity contribution is 7.91. The van der Waals surface area contributed by atoms with Gasteiger partial charge in [-0.15, -0.1) is 0 Å². The minimum absolute atomic E-state index is 0.140. The van der Waals surface area contributed by atoms with Crippen molar-refractivity contribution in [2.24, 2.45) is 0 Å². The lowest BCUT2D eigenvalue weighted by Crippen LogP contribution is -2.30. The first-order valence-electron chi connectivity index (χ1n) is 6.55. The summed E-state index contributed by atoms with van der Waals surface area (Å²) in [6.07, 6.45) is 5.03. The Morgan fingerprint density at radius 3 is 2.71 bits per heavy atom. The van der Waals surface area contributed by atoms with E-state index in [1.54, 1.807) is 23.6 Å². The number of halogens is 1. The SMILES string of the molecule is Cc1nc(Cl)sc1S(=O)(=O)N1CCCC1c1ccncc1. The van der Waals surface area contributed by atoms with Gasteiger partial charge < -0.3 is 0 Å². The Hall–Kier alpha value is -1.02. The van der Waals surface area contributed by atoms with Crippen LogP contribution >= 0.6 is 22.9 Å². The quantitative estimate of drug-likeness (QED) is 0.859. The molecule has 1 unspecified atom stereocenters. The highest BCUT2D eigenvalue weighted by atomic mass is 35.5. The van der Waals surface area contributed by atoms with Crippen molar-refractivity contribution in [1.82, 2.24) is 14.3 Å². The third-order valence-electron chi connectivity index (χ3n) is 3.57. The molecule has 2 aromatic rings. The molecule has 2 aromatic heterocycles. The number of nitrogens with zero attached hydrogens (tertiary/aromatic N) is 3. The van der Waals surface area contributed by atoms with Crippen LogP contribution in [0.2, 0.25) is 4.47 Å². The van der Waals surface area contributed by atoms with Gasteiger partial charge >= 0.3 is 0 Å². The van der Waals surface area contributed by atoms with E-state index in [4.69, 9.17) is 11.6 Å². The number of hydrogen-bond donors (Lipinski definition) is 0. The van der Waals surface area contributed by atoms with Crippen LogP contribution in [0, 0.1) is 6.92 Å². The first-order valence-corrected chi connectivity index (χ1v) is 9.18. The summed E-state index contributed by atoms with van der Waals surface area (Å²) in [7, 11) is -3.56. The lowest BCUT2D eigenvalue weighted by Gasteiger charge is -2.23. The number of aromatic nitrogens is 2. The molecular weight excluding hydrogens is 330 g/mol. The molecule has 0 radical (unpaired) electrons. The number of pyridine rings is 1. The van der Waals surface area contributed by atoms with E-state index in [-0.39, 0.29) is 14.7 Å². The molecule has 0 bridgehead atoms. The maximum Gasteiger partial charge on any atom is 0.255 e. The second-order valence-corrected chi connectivity index (χ2v) is 8.56. The van der Waals surface area contributed by atoms with Gasteiger partial charge in [-0.3, -0.25) is 4.98 Å². The zero-order valence-electron chi connectivity index (χ0n) is 11.4. The predicted molar refractivity (Wildman–Crippen MR) is 82.0 cm³/mol. The summed E-state index contributed by atoms with van der Waals surface area (Å²) >= 11 is 6.87. The summed E-state index contributed by atoms with van der Waals surface area (Å²) in [5.41, 5.74) is 1.43. The second kappa shape index (κ2) is 5.64. The van der Waals surface area contributed by atoms with E-state index < -0.39 is 10.0 Å². The number of rotatable bonds is 3. The van der Waals surface area contributed by atoms with Crippen LogP contribution in [0.25, 0.3) is 0 Å². The highest BCUT2D eigenvalue weighted by Crippen LogP contribution is 2.39. The summed E-state index contributed by atoms with van der Waals surface area (Å²) < 4.78 is 27.8. The van der Waals surface area contributed by atoms with E-state index in [0.717, 1.165) is 29.7 Å². The Kier molecular flexibility index (Phi) is 4.00. The molecule has 21 heavy (non-hydrogen) atoms. The standard InChI is InChI=1S/C13H14ClN3O2S2/c1-9-12(20-13(14)16-9)21(18,19)17-8-2-3-11(17)10-4-6-15-7-5-10/h4-7,11H,2-3,8H2,1H3. The topological polar surface area (TPSA) is 63.2 Å². The lowest BCUT2D eigenvalue weighted by atomic mass is 10.1. The molecular formula is C13H14ClN3O2S2. The van der Waals surface area contributed by atoms with Gasteiger partial charge in [0.25, 0.3) is 10.0 Å². The summed E-state index contributed by atoms with van der Waals surface area (Å²) in [5.74, 6) is 0. The van der Waals surface area contributed by atoms with Crippen LogP contribution in [0.3, 0.4) is 0 Å². The maximum absolute atomic E-state index is 12.9. The normalized spacial score (nSPS) is 20.0. The second-order valence-electron chi connectivity index (χ2n) is 4.89. The number of hydrogen-bond acceptors (Lipinski definition) is 5. The van der Waals surface area contributed by atoms with Gasteiger partial charge in [0.05, 0.1) is 11.7 Å². The fourth-order valence-corrected chi connectivity index (χ4v) is 6.18. The predicted octanol–water partition coefficient (Wildman–Crippen LogP) is 3.03. The van der Waals surface area contributed by atoms with Crippen molar-refractivity contribution in [2.75, 3.05) is 6.54 Å². The Morgan fingerprint density at radius 1 is 1.38 bits per heavy atom. The van der Waals surface area contributed by atoms with Gasteiger partial charge in [-0.1, -0.05) is 22.9 Å². The molecule has 5 nitrogen and oxygen atoms in total. The zero-order chi connectivity index (χ0) is 15.0. The van der Waals surface area contributed by atoms with Crippen molar-refractivity contribution in [3.05, 3.63) is 40.3 Å². The van der Waals surface area contributed by atoms with Crippen LogP contribution in [0.15, 0.2) is 28.7 Å². The summed E-state index contributed by atoms with van der Waals surface area (Å²) in [5, 5.41) is 0. The monoisotopic (exact) mass is 343 g/mol. The molecule has 3 heterocycles. The molecule has 1 aliphatic rings. The van der Waals surface area contributed by atoms with Crippen LogP contribution in [0.1, 0.15) is 30.1 Å². The molecule has 1 aliphatic heterocycles. The smallest absolute Gasteiger partial charge is 0.255 e. The van der Waals surface area contributed by atoms with Crippen molar-refractivity contribution in [1.29, 1.82) is 0 Å². The number of sulfonamides is 1. The average Bonchev–Trinajstić information content (AvgIpc) is 3.07. The Bertz CT molecular complexity index is 746. The zero-order valence-corrected chi connectivity index (χ0v) is 13.7. The van der Waals surface area contributed by atoms with E-state index >= 15 is 0 Å². The summed E-state index contributed by atoms with van der Waals surface area (Å²) in [6.45, 7) is 2.19. The van der Waals surface area contributed by atoms with E-state index in [1.165, 1.54) is 0 Å². The van der Waals surface area contributed by atoms with E-state index in [9.17, 15) is 8.42 Å². The fourth-order valence-electron chi connectivity index (χ4n) is 2.64. The minimum Gasteiger partial charge on any atom is -0.265 e. The van der Waals surface area contributed by atoms with Crippen LogP contribution in [0.4, 0.5) is 0 Å². The van der Waals surface area contributed by atoms with Crippen molar-refractivity contribution in [3.63, 3.8) is 0 Å². The molecule has 0 saturated carbocycles. The first kappa shape index (κ1) is 14.9. The highest BCUT2D eigenvalue weighted by Gasteiger charge is 2.38. The van der Waals surface area contributed by atoms with E-state index in [0.29, 0.717) is 12.2 Å². The Morgan fingerprint density at radius 2 is 2.10 bits per heavy atom. The van der Waals surface area contributed by atoms with Gasteiger partial charge in [-0.25, -0.2) is 13.4 Å². The van der Waals surface area contributed by atoms with Gasteiger partial charge in [0, 0.05) is 18.9 Å². The van der Waals surface area contributed by atoms with Crippen molar-refractivity contribution >= 4 is 33.0 Å². The van der Waals surface area contributed by atoms with Crippen LogP contribution < -0.4 is 0 Å². The molecule has 1 fully saturated rings. The Balaban J connectivity index is 2.00. The van der Waals surface area contributed by atoms with E-state index in [1.807, 2.05) is 12.1 Å². The summed E-state index contributed by atoms with van der Waals surface area (Å²) in [4.78, 5) is 8.00. The lowest BCUT2D eigenvalue weighted by molar-refractivity contribution is 0.397. The number of thiazole rings is 1. The van der Waals surface area contributed by atoms with Crippen LogP contribution in [0.5, 0.6) is 0 Å². The molecule has 0 N–H and O–H groups in total. The van der Waals surface area contributed by atoms with Gasteiger partial charge in [-0.2, -0.15) is 4.31 Å². The molecule has 112 valence electrons. The maximum atomic E-state index is 12.9.